The van der Waals surface area contributed by atoms with Crippen LogP contribution in [0.15, 0.2) is 22.7 Å². The number of fused-ring (bicyclic) bond motifs is 1. The van der Waals surface area contributed by atoms with Gasteiger partial charge in [-0.15, -0.1) is 0 Å². The fourth-order valence-corrected chi connectivity index (χ4v) is 2.80. The summed E-state index contributed by atoms with van der Waals surface area (Å²) >= 11 is 3.48. The molecule has 3 rings (SSSR count). The minimum Gasteiger partial charge on any atom is -0.341 e. The van der Waals surface area contributed by atoms with Crippen molar-refractivity contribution >= 4 is 27.0 Å². The molecule has 1 aliphatic rings. The van der Waals surface area contributed by atoms with Gasteiger partial charge in [-0.2, -0.15) is 0 Å². The molecule has 0 amide bonds. The summed E-state index contributed by atoms with van der Waals surface area (Å²) in [7, 11) is 0. The zero-order chi connectivity index (χ0) is 11.7. The number of rotatable bonds is 2. The van der Waals surface area contributed by atoms with Crippen molar-refractivity contribution in [3.8, 4) is 0 Å². The molecule has 90 valence electrons. The molecule has 0 atom stereocenters. The number of H-pyrrole nitrogens is 1. The van der Waals surface area contributed by atoms with Crippen LogP contribution in [0.5, 0.6) is 0 Å². The van der Waals surface area contributed by atoms with Crippen LogP contribution in [0.4, 0.5) is 0 Å². The van der Waals surface area contributed by atoms with Crippen molar-refractivity contribution < 1.29 is 0 Å². The highest BCUT2D eigenvalue weighted by Crippen LogP contribution is 2.19. The molecule has 1 aromatic heterocycles. The number of aromatic amines is 1. The Balaban J connectivity index is 1.80. The average molecular weight is 294 g/mol. The molecule has 0 unspecified atom stereocenters. The van der Waals surface area contributed by atoms with Crippen LogP contribution in [0.1, 0.15) is 25.1 Å². The number of halogens is 1. The van der Waals surface area contributed by atoms with E-state index in [0.29, 0.717) is 0 Å². The monoisotopic (exact) mass is 293 g/mol. The molecule has 0 saturated carbocycles. The third-order valence-corrected chi connectivity index (χ3v) is 3.81. The molecule has 1 aromatic carbocycles. The summed E-state index contributed by atoms with van der Waals surface area (Å²) in [6.07, 6.45) is 4.03. The average Bonchev–Trinajstić information content (AvgIpc) is 2.71. The Labute approximate surface area is 109 Å². The lowest BCUT2D eigenvalue weighted by Gasteiger charge is -2.25. The first-order chi connectivity index (χ1) is 8.31. The van der Waals surface area contributed by atoms with E-state index in [1.165, 1.54) is 32.4 Å². The van der Waals surface area contributed by atoms with Gasteiger partial charge in [0.05, 0.1) is 17.6 Å². The number of likely N-dealkylation sites (tertiary alicyclic amines) is 1. The van der Waals surface area contributed by atoms with Crippen molar-refractivity contribution in [2.24, 2.45) is 0 Å². The number of imidazole rings is 1. The molecule has 17 heavy (non-hydrogen) atoms. The summed E-state index contributed by atoms with van der Waals surface area (Å²) in [4.78, 5) is 10.5. The van der Waals surface area contributed by atoms with Gasteiger partial charge in [-0.05, 0) is 44.1 Å². The van der Waals surface area contributed by atoms with Gasteiger partial charge in [0.1, 0.15) is 5.82 Å². The topological polar surface area (TPSA) is 31.9 Å². The predicted octanol–water partition coefficient (Wildman–Crippen LogP) is 3.31. The van der Waals surface area contributed by atoms with Gasteiger partial charge in [-0.3, -0.25) is 4.90 Å². The van der Waals surface area contributed by atoms with E-state index >= 15 is 0 Å². The van der Waals surface area contributed by atoms with E-state index in [-0.39, 0.29) is 0 Å². The zero-order valence-electron chi connectivity index (χ0n) is 9.75. The molecule has 1 saturated heterocycles. The first kappa shape index (κ1) is 11.2. The van der Waals surface area contributed by atoms with Gasteiger partial charge in [0, 0.05) is 4.47 Å². The molecular weight excluding hydrogens is 278 g/mol. The normalized spacial score (nSPS) is 17.7. The zero-order valence-corrected chi connectivity index (χ0v) is 11.3. The maximum atomic E-state index is 4.63. The summed E-state index contributed by atoms with van der Waals surface area (Å²) < 4.78 is 1.10. The Kier molecular flexibility index (Phi) is 3.16. The Bertz CT molecular complexity index is 514. The predicted molar refractivity (Wildman–Crippen MR) is 72.9 cm³/mol. The molecular formula is C13H16BrN3. The lowest BCUT2D eigenvalue weighted by molar-refractivity contribution is 0.216. The van der Waals surface area contributed by atoms with Crippen LogP contribution in [-0.2, 0) is 6.54 Å². The number of nitrogens with zero attached hydrogens (tertiary/aromatic N) is 2. The van der Waals surface area contributed by atoms with Crippen LogP contribution < -0.4 is 0 Å². The fourth-order valence-electron chi connectivity index (χ4n) is 2.44. The van der Waals surface area contributed by atoms with Crippen LogP contribution in [0.25, 0.3) is 11.0 Å². The van der Waals surface area contributed by atoms with Crippen LogP contribution >= 0.6 is 15.9 Å². The highest BCUT2D eigenvalue weighted by molar-refractivity contribution is 9.10. The van der Waals surface area contributed by atoms with Gasteiger partial charge in [0.2, 0.25) is 0 Å². The fraction of sp³-hybridized carbons (Fsp3) is 0.462. The van der Waals surface area contributed by atoms with E-state index in [1.807, 2.05) is 6.07 Å². The van der Waals surface area contributed by atoms with Crippen LogP contribution in [0.2, 0.25) is 0 Å². The summed E-state index contributed by atoms with van der Waals surface area (Å²) in [6, 6.07) is 6.17. The summed E-state index contributed by atoms with van der Waals surface area (Å²) in [5.74, 6) is 1.08. The minimum atomic E-state index is 0.951. The number of nitrogens with one attached hydrogen (secondary N) is 1. The molecule has 3 nitrogen and oxygen atoms in total. The molecule has 0 radical (unpaired) electrons. The number of benzene rings is 1. The largest absolute Gasteiger partial charge is 0.341 e. The van der Waals surface area contributed by atoms with E-state index in [0.717, 1.165) is 27.9 Å². The third kappa shape index (κ3) is 2.53. The number of aromatic nitrogens is 2. The Morgan fingerprint density at radius 1 is 1.24 bits per heavy atom. The van der Waals surface area contributed by atoms with Crippen molar-refractivity contribution in [2.45, 2.75) is 25.8 Å². The highest BCUT2D eigenvalue weighted by atomic mass is 79.9. The van der Waals surface area contributed by atoms with Gasteiger partial charge >= 0.3 is 0 Å². The molecule has 0 spiro atoms. The molecule has 1 fully saturated rings. The Hall–Kier alpha value is -0.870. The van der Waals surface area contributed by atoms with Crippen LogP contribution in [-0.4, -0.2) is 28.0 Å². The molecule has 1 N–H and O–H groups in total. The van der Waals surface area contributed by atoms with Crippen molar-refractivity contribution in [1.82, 2.24) is 14.9 Å². The SMILES string of the molecule is Brc1ccc2nc(CN3CCCCC3)[nH]c2c1. The van der Waals surface area contributed by atoms with Gasteiger partial charge in [0.25, 0.3) is 0 Å². The second kappa shape index (κ2) is 4.78. The van der Waals surface area contributed by atoms with Gasteiger partial charge < -0.3 is 4.98 Å². The summed E-state index contributed by atoms with van der Waals surface area (Å²) in [5.41, 5.74) is 2.17. The van der Waals surface area contributed by atoms with Crippen molar-refractivity contribution in [3.05, 3.63) is 28.5 Å². The quantitative estimate of drug-likeness (QED) is 0.921. The number of piperidine rings is 1. The lowest BCUT2D eigenvalue weighted by atomic mass is 10.1. The van der Waals surface area contributed by atoms with Gasteiger partial charge in [0.15, 0.2) is 0 Å². The number of hydrogen-bond donors (Lipinski definition) is 1. The van der Waals surface area contributed by atoms with Crippen molar-refractivity contribution in [3.63, 3.8) is 0 Å². The molecule has 1 aliphatic heterocycles. The Morgan fingerprint density at radius 3 is 2.88 bits per heavy atom. The summed E-state index contributed by atoms with van der Waals surface area (Å²) in [5, 5.41) is 0. The first-order valence-corrected chi connectivity index (χ1v) is 6.97. The first-order valence-electron chi connectivity index (χ1n) is 6.18. The maximum Gasteiger partial charge on any atom is 0.121 e. The van der Waals surface area contributed by atoms with E-state index in [9.17, 15) is 0 Å². The minimum absolute atomic E-state index is 0.951. The van der Waals surface area contributed by atoms with E-state index in [1.54, 1.807) is 0 Å². The van der Waals surface area contributed by atoms with Crippen LogP contribution in [0.3, 0.4) is 0 Å². The van der Waals surface area contributed by atoms with Gasteiger partial charge in [-0.25, -0.2) is 4.98 Å². The van der Waals surface area contributed by atoms with Crippen LogP contribution in [0, 0.1) is 0 Å². The summed E-state index contributed by atoms with van der Waals surface area (Å²) in [6.45, 7) is 3.37. The van der Waals surface area contributed by atoms with Crippen molar-refractivity contribution in [1.29, 1.82) is 0 Å². The highest BCUT2D eigenvalue weighted by Gasteiger charge is 2.12. The maximum absolute atomic E-state index is 4.63. The van der Waals surface area contributed by atoms with E-state index in [2.05, 4.69) is 42.9 Å². The smallest absolute Gasteiger partial charge is 0.121 e. The second-order valence-corrected chi connectivity index (χ2v) is 5.60. The molecule has 2 heterocycles. The molecule has 2 aromatic rings. The second-order valence-electron chi connectivity index (χ2n) is 4.68. The standard InChI is InChI=1S/C13H16BrN3/c14-10-4-5-11-12(8-10)16-13(15-11)9-17-6-2-1-3-7-17/h4-5,8H,1-3,6-7,9H2,(H,15,16). The molecule has 4 heteroatoms. The van der Waals surface area contributed by atoms with Gasteiger partial charge in [-0.1, -0.05) is 22.4 Å². The van der Waals surface area contributed by atoms with E-state index < -0.39 is 0 Å². The van der Waals surface area contributed by atoms with E-state index in [4.69, 9.17) is 0 Å². The Morgan fingerprint density at radius 2 is 2.06 bits per heavy atom. The number of hydrogen-bond acceptors (Lipinski definition) is 2. The molecule has 0 bridgehead atoms. The molecule has 0 aliphatic carbocycles. The third-order valence-electron chi connectivity index (χ3n) is 3.32. The lowest BCUT2D eigenvalue weighted by Crippen LogP contribution is -2.29. The van der Waals surface area contributed by atoms with Crippen molar-refractivity contribution in [2.75, 3.05) is 13.1 Å².